The van der Waals surface area contributed by atoms with Crippen molar-refractivity contribution < 1.29 is 9.53 Å². The lowest BCUT2D eigenvalue weighted by Crippen LogP contribution is -2.46. The van der Waals surface area contributed by atoms with Gasteiger partial charge in [-0.3, -0.25) is 0 Å². The third kappa shape index (κ3) is 3.17. The summed E-state index contributed by atoms with van der Waals surface area (Å²) in [7, 11) is 1.72. The molecule has 1 unspecified atom stereocenters. The number of nitrogens with zero attached hydrogens (tertiary/aromatic N) is 1. The lowest BCUT2D eigenvalue weighted by atomic mass is 9.68. The predicted octanol–water partition coefficient (Wildman–Crippen LogP) is 3.48. The van der Waals surface area contributed by atoms with E-state index in [0.29, 0.717) is 0 Å². The number of nitrogens with one attached hydrogen (secondary N) is 1. The number of benzene rings is 1. The number of carbonyl (C=O) groups excluding carboxylic acids is 1. The van der Waals surface area contributed by atoms with Crippen LogP contribution in [0.1, 0.15) is 50.2 Å². The molecule has 126 valence electrons. The zero-order valence-electron chi connectivity index (χ0n) is 14.4. The zero-order valence-corrected chi connectivity index (χ0v) is 14.4. The number of fused-ring (bicyclic) bond motifs is 1. The Labute approximate surface area is 139 Å². The maximum Gasteiger partial charge on any atom is 0.317 e. The summed E-state index contributed by atoms with van der Waals surface area (Å²) in [6.45, 7) is 4.75. The number of likely N-dealkylation sites (tertiary alicyclic amines) is 1. The van der Waals surface area contributed by atoms with Gasteiger partial charge >= 0.3 is 6.03 Å². The Hall–Kier alpha value is -1.71. The molecular weight excluding hydrogens is 288 g/mol. The van der Waals surface area contributed by atoms with Crippen molar-refractivity contribution in [1.82, 2.24) is 10.2 Å². The van der Waals surface area contributed by atoms with Gasteiger partial charge in [-0.1, -0.05) is 13.0 Å². The van der Waals surface area contributed by atoms with Gasteiger partial charge in [0.25, 0.3) is 0 Å². The van der Waals surface area contributed by atoms with Crippen LogP contribution in [0.25, 0.3) is 0 Å². The topological polar surface area (TPSA) is 41.6 Å². The molecule has 0 bridgehead atoms. The minimum absolute atomic E-state index is 0.0392. The van der Waals surface area contributed by atoms with Crippen LogP contribution in [-0.2, 0) is 11.8 Å². The van der Waals surface area contributed by atoms with Crippen LogP contribution in [0.4, 0.5) is 4.79 Å². The van der Waals surface area contributed by atoms with Gasteiger partial charge < -0.3 is 15.0 Å². The first kappa shape index (κ1) is 16.2. The molecule has 4 nitrogen and oxygen atoms in total. The highest BCUT2D eigenvalue weighted by Gasteiger charge is 2.36. The van der Waals surface area contributed by atoms with Crippen LogP contribution in [0, 0.1) is 0 Å². The van der Waals surface area contributed by atoms with Gasteiger partial charge in [0, 0.05) is 25.0 Å². The Morgan fingerprint density at radius 3 is 2.78 bits per heavy atom. The van der Waals surface area contributed by atoms with Crippen LogP contribution in [0.2, 0.25) is 0 Å². The number of carbonyl (C=O) groups is 1. The fourth-order valence-corrected chi connectivity index (χ4v) is 4.10. The minimum Gasteiger partial charge on any atom is -0.497 e. The first-order chi connectivity index (χ1) is 11.2. The van der Waals surface area contributed by atoms with Gasteiger partial charge in [-0.25, -0.2) is 4.79 Å². The van der Waals surface area contributed by atoms with Gasteiger partial charge in [0.2, 0.25) is 0 Å². The lowest BCUT2D eigenvalue weighted by Gasteiger charge is -2.39. The van der Waals surface area contributed by atoms with Crippen molar-refractivity contribution in [2.24, 2.45) is 0 Å². The number of aryl methyl sites for hydroxylation is 1. The summed E-state index contributed by atoms with van der Waals surface area (Å²) in [4.78, 5) is 14.3. The second kappa shape index (κ2) is 6.81. The Kier molecular flexibility index (Phi) is 4.79. The molecule has 2 aliphatic rings. The summed E-state index contributed by atoms with van der Waals surface area (Å²) in [5.41, 5.74) is 2.82. The first-order valence-corrected chi connectivity index (χ1v) is 8.89. The van der Waals surface area contributed by atoms with Crippen LogP contribution in [-0.4, -0.2) is 37.7 Å². The molecule has 0 aromatic heterocycles. The molecule has 1 aliphatic carbocycles. The average Bonchev–Trinajstić information content (AvgIpc) is 3.14. The van der Waals surface area contributed by atoms with Crippen LogP contribution in [0.5, 0.6) is 5.75 Å². The maximum atomic E-state index is 12.4. The van der Waals surface area contributed by atoms with E-state index in [1.165, 1.54) is 17.5 Å². The Balaban J connectivity index is 1.79. The van der Waals surface area contributed by atoms with Gasteiger partial charge in [0.05, 0.1) is 7.11 Å². The Morgan fingerprint density at radius 2 is 2.09 bits per heavy atom. The quantitative estimate of drug-likeness (QED) is 0.924. The highest BCUT2D eigenvalue weighted by molar-refractivity contribution is 5.74. The van der Waals surface area contributed by atoms with Crippen LogP contribution in [0.15, 0.2) is 18.2 Å². The molecule has 1 saturated heterocycles. The van der Waals surface area contributed by atoms with E-state index in [4.69, 9.17) is 4.74 Å². The predicted molar refractivity (Wildman–Crippen MR) is 92.1 cm³/mol. The molecule has 3 rings (SSSR count). The number of methoxy groups -OCH3 is 1. The van der Waals surface area contributed by atoms with Gasteiger partial charge in [0.1, 0.15) is 5.75 Å². The zero-order chi connectivity index (χ0) is 16.3. The standard InChI is InChI=1S/C19H28N2O2/c1-3-19(14-20-18(22)21-11-4-5-12-21)10-6-7-15-8-9-16(23-2)13-17(15)19/h8-9,13H,3-7,10-12,14H2,1-2H3,(H,20,22). The number of ether oxygens (including phenoxy) is 1. The monoisotopic (exact) mass is 316 g/mol. The van der Waals surface area contributed by atoms with E-state index in [2.05, 4.69) is 24.4 Å². The van der Waals surface area contributed by atoms with Crippen molar-refractivity contribution in [1.29, 1.82) is 0 Å². The molecule has 23 heavy (non-hydrogen) atoms. The Morgan fingerprint density at radius 1 is 1.30 bits per heavy atom. The smallest absolute Gasteiger partial charge is 0.317 e. The fourth-order valence-electron chi connectivity index (χ4n) is 4.10. The lowest BCUT2D eigenvalue weighted by molar-refractivity contribution is 0.203. The summed E-state index contributed by atoms with van der Waals surface area (Å²) >= 11 is 0. The van der Waals surface area contributed by atoms with Crippen LogP contribution >= 0.6 is 0 Å². The molecular formula is C19H28N2O2. The number of hydrogen-bond acceptors (Lipinski definition) is 2. The molecule has 1 heterocycles. The maximum absolute atomic E-state index is 12.4. The molecule has 4 heteroatoms. The summed E-state index contributed by atoms with van der Waals surface area (Å²) in [5, 5.41) is 3.21. The second-order valence-corrected chi connectivity index (χ2v) is 6.86. The van der Waals surface area contributed by atoms with Crippen molar-refractivity contribution in [3.05, 3.63) is 29.3 Å². The molecule has 1 N–H and O–H groups in total. The average molecular weight is 316 g/mol. The minimum atomic E-state index is 0.0392. The van der Waals surface area contributed by atoms with Crippen LogP contribution < -0.4 is 10.1 Å². The van der Waals surface area contributed by atoms with Crippen molar-refractivity contribution in [2.75, 3.05) is 26.7 Å². The van der Waals surface area contributed by atoms with E-state index in [9.17, 15) is 4.79 Å². The molecule has 2 amide bonds. The van der Waals surface area contributed by atoms with E-state index in [1.54, 1.807) is 7.11 Å². The fraction of sp³-hybridized carbons (Fsp3) is 0.632. The number of urea groups is 1. The van der Waals surface area contributed by atoms with E-state index in [0.717, 1.165) is 57.5 Å². The van der Waals surface area contributed by atoms with E-state index < -0.39 is 0 Å². The Bertz CT molecular complexity index is 566. The molecule has 1 aromatic rings. The molecule has 0 radical (unpaired) electrons. The van der Waals surface area contributed by atoms with E-state index in [1.807, 2.05) is 11.0 Å². The molecule has 1 aliphatic heterocycles. The van der Waals surface area contributed by atoms with Crippen molar-refractivity contribution in [3.63, 3.8) is 0 Å². The summed E-state index contributed by atoms with van der Waals surface area (Å²) in [5.74, 6) is 0.911. The van der Waals surface area contributed by atoms with Crippen molar-refractivity contribution >= 4 is 6.03 Å². The number of hydrogen-bond donors (Lipinski definition) is 1. The van der Waals surface area contributed by atoms with Gasteiger partial charge in [-0.15, -0.1) is 0 Å². The summed E-state index contributed by atoms with van der Waals surface area (Å²) < 4.78 is 5.43. The largest absolute Gasteiger partial charge is 0.497 e. The number of rotatable bonds is 4. The molecule has 1 atom stereocenters. The van der Waals surface area contributed by atoms with E-state index in [-0.39, 0.29) is 11.4 Å². The van der Waals surface area contributed by atoms with Crippen molar-refractivity contribution in [2.45, 2.75) is 50.9 Å². The number of amides is 2. The molecule has 1 fully saturated rings. The molecule has 0 spiro atoms. The van der Waals surface area contributed by atoms with Gasteiger partial charge in [-0.05, 0) is 61.8 Å². The third-order valence-corrected chi connectivity index (χ3v) is 5.64. The molecule has 1 aromatic carbocycles. The first-order valence-electron chi connectivity index (χ1n) is 8.89. The van der Waals surface area contributed by atoms with Gasteiger partial charge in [0.15, 0.2) is 0 Å². The normalized spacial score (nSPS) is 23.5. The molecule has 0 saturated carbocycles. The second-order valence-electron chi connectivity index (χ2n) is 6.86. The van der Waals surface area contributed by atoms with E-state index >= 15 is 0 Å². The van der Waals surface area contributed by atoms with Crippen LogP contribution in [0.3, 0.4) is 0 Å². The van der Waals surface area contributed by atoms with Crippen molar-refractivity contribution in [3.8, 4) is 5.75 Å². The van der Waals surface area contributed by atoms with Gasteiger partial charge in [-0.2, -0.15) is 0 Å². The highest BCUT2D eigenvalue weighted by atomic mass is 16.5. The SMILES string of the molecule is CCC1(CNC(=O)N2CCCC2)CCCc2ccc(OC)cc21. The third-order valence-electron chi connectivity index (χ3n) is 5.64. The summed E-state index contributed by atoms with van der Waals surface area (Å²) in [6.07, 6.45) is 6.74. The summed E-state index contributed by atoms with van der Waals surface area (Å²) in [6, 6.07) is 6.53. The highest BCUT2D eigenvalue weighted by Crippen LogP contribution is 2.41.